The van der Waals surface area contributed by atoms with Crippen LogP contribution in [0.25, 0.3) is 0 Å². The van der Waals surface area contributed by atoms with E-state index in [-0.39, 0.29) is 10.7 Å². The number of halogens is 2. The molecule has 0 saturated carbocycles. The van der Waals surface area contributed by atoms with Crippen molar-refractivity contribution in [2.24, 2.45) is 0 Å². The summed E-state index contributed by atoms with van der Waals surface area (Å²) in [6, 6.07) is 7.82. The first-order valence-corrected chi connectivity index (χ1v) is 7.94. The highest BCUT2D eigenvalue weighted by Gasteiger charge is 2.16. The summed E-state index contributed by atoms with van der Waals surface area (Å²) in [5.74, 6) is 0.241. The lowest BCUT2D eigenvalue weighted by Gasteiger charge is -2.09. The zero-order valence-electron chi connectivity index (χ0n) is 9.89. The van der Waals surface area contributed by atoms with E-state index < -0.39 is 10.0 Å². The summed E-state index contributed by atoms with van der Waals surface area (Å²) < 4.78 is 27.3. The summed E-state index contributed by atoms with van der Waals surface area (Å²) in [5, 5.41) is 0.360. The van der Waals surface area contributed by atoms with Gasteiger partial charge in [0.2, 0.25) is 0 Å². The van der Waals surface area contributed by atoms with Crippen molar-refractivity contribution in [1.82, 2.24) is 4.98 Å². The molecule has 0 aliphatic rings. The molecule has 100 valence electrons. The first-order chi connectivity index (χ1) is 8.88. The van der Waals surface area contributed by atoms with E-state index >= 15 is 0 Å². The quantitative estimate of drug-likeness (QED) is 0.908. The minimum atomic E-state index is -3.70. The Kier molecular flexibility index (Phi) is 4.13. The Morgan fingerprint density at radius 1 is 1.32 bits per heavy atom. The van der Waals surface area contributed by atoms with E-state index in [4.69, 9.17) is 11.6 Å². The lowest BCUT2D eigenvalue weighted by atomic mass is 10.3. The van der Waals surface area contributed by atoms with Gasteiger partial charge in [-0.05, 0) is 52.7 Å². The van der Waals surface area contributed by atoms with Crippen LogP contribution < -0.4 is 4.72 Å². The van der Waals surface area contributed by atoms with Gasteiger partial charge in [0.1, 0.15) is 0 Å². The zero-order chi connectivity index (χ0) is 14.0. The molecule has 1 aromatic heterocycles. The third kappa shape index (κ3) is 3.46. The Bertz CT molecular complexity index is 719. The summed E-state index contributed by atoms with van der Waals surface area (Å²) in [6.45, 7) is 1.87. The van der Waals surface area contributed by atoms with Crippen LogP contribution in [0.1, 0.15) is 5.56 Å². The molecule has 2 aromatic rings. The highest BCUT2D eigenvalue weighted by Crippen LogP contribution is 2.24. The first kappa shape index (κ1) is 14.3. The van der Waals surface area contributed by atoms with Gasteiger partial charge in [0.15, 0.2) is 5.82 Å². The number of hydrogen-bond donors (Lipinski definition) is 1. The number of nitrogens with one attached hydrogen (secondary N) is 1. The largest absolute Gasteiger partial charge is 0.263 e. The van der Waals surface area contributed by atoms with Crippen LogP contribution in [0.4, 0.5) is 5.82 Å². The van der Waals surface area contributed by atoms with Gasteiger partial charge in [-0.15, -0.1) is 0 Å². The van der Waals surface area contributed by atoms with Crippen molar-refractivity contribution < 1.29 is 8.42 Å². The predicted molar refractivity (Wildman–Crippen MR) is 78.9 cm³/mol. The topological polar surface area (TPSA) is 59.1 Å². The minimum Gasteiger partial charge on any atom is -0.262 e. The Morgan fingerprint density at radius 3 is 2.68 bits per heavy atom. The molecule has 0 fully saturated rings. The zero-order valence-corrected chi connectivity index (χ0v) is 13.1. The number of hydrogen-bond acceptors (Lipinski definition) is 3. The molecule has 0 radical (unpaired) electrons. The number of aromatic nitrogens is 1. The standard InChI is InChI=1S/C12H10BrClN2O2S/c1-8-5-11(13)12(15-7-8)16-19(17,18)10-4-2-3-9(14)6-10/h2-7H,1H3,(H,15,16). The number of pyridine rings is 1. The molecular weight excluding hydrogens is 352 g/mol. The van der Waals surface area contributed by atoms with E-state index in [0.717, 1.165) is 5.56 Å². The second kappa shape index (κ2) is 5.48. The second-order valence-electron chi connectivity index (χ2n) is 3.91. The molecule has 1 aromatic carbocycles. The summed E-state index contributed by atoms with van der Waals surface area (Å²) in [7, 11) is -3.70. The van der Waals surface area contributed by atoms with Crippen molar-refractivity contribution >= 4 is 43.4 Å². The van der Waals surface area contributed by atoms with E-state index in [1.165, 1.54) is 12.1 Å². The fourth-order valence-electron chi connectivity index (χ4n) is 1.43. The molecule has 19 heavy (non-hydrogen) atoms. The van der Waals surface area contributed by atoms with Crippen molar-refractivity contribution in [3.63, 3.8) is 0 Å². The Balaban J connectivity index is 2.36. The molecule has 7 heteroatoms. The lowest BCUT2D eigenvalue weighted by molar-refractivity contribution is 0.601. The van der Waals surface area contributed by atoms with E-state index in [0.29, 0.717) is 9.50 Å². The molecule has 0 unspecified atom stereocenters. The minimum absolute atomic E-state index is 0.0919. The average Bonchev–Trinajstić information content (AvgIpc) is 2.33. The third-order valence-electron chi connectivity index (χ3n) is 2.32. The summed E-state index contributed by atoms with van der Waals surface area (Å²) in [5.41, 5.74) is 0.928. The molecule has 0 atom stereocenters. The summed E-state index contributed by atoms with van der Waals surface area (Å²) in [6.07, 6.45) is 1.58. The van der Waals surface area contributed by atoms with Crippen molar-refractivity contribution in [2.75, 3.05) is 4.72 Å². The molecule has 0 bridgehead atoms. The van der Waals surface area contributed by atoms with E-state index in [1.54, 1.807) is 24.4 Å². The number of aryl methyl sites for hydroxylation is 1. The molecule has 0 aliphatic heterocycles. The van der Waals surface area contributed by atoms with Gasteiger partial charge in [-0.2, -0.15) is 0 Å². The monoisotopic (exact) mass is 360 g/mol. The van der Waals surface area contributed by atoms with Crippen LogP contribution in [0.3, 0.4) is 0 Å². The number of benzene rings is 1. The van der Waals surface area contributed by atoms with Crippen molar-refractivity contribution in [2.45, 2.75) is 11.8 Å². The first-order valence-electron chi connectivity index (χ1n) is 5.29. The molecule has 0 amide bonds. The van der Waals surface area contributed by atoms with Crippen LogP contribution in [0.5, 0.6) is 0 Å². The summed E-state index contributed by atoms with van der Waals surface area (Å²) in [4.78, 5) is 4.13. The maximum atomic E-state index is 12.2. The molecular formula is C12H10BrClN2O2S. The van der Waals surface area contributed by atoms with Gasteiger partial charge in [-0.1, -0.05) is 17.7 Å². The van der Waals surface area contributed by atoms with Crippen LogP contribution in [0, 0.1) is 6.92 Å². The van der Waals surface area contributed by atoms with Gasteiger partial charge in [0.25, 0.3) is 10.0 Å². The average molecular weight is 362 g/mol. The van der Waals surface area contributed by atoms with Gasteiger partial charge in [0.05, 0.1) is 9.37 Å². The SMILES string of the molecule is Cc1cnc(NS(=O)(=O)c2cccc(Cl)c2)c(Br)c1. The van der Waals surface area contributed by atoms with Gasteiger partial charge >= 0.3 is 0 Å². The van der Waals surface area contributed by atoms with Crippen molar-refractivity contribution in [1.29, 1.82) is 0 Å². The normalized spacial score (nSPS) is 11.3. The van der Waals surface area contributed by atoms with Gasteiger partial charge in [-0.3, -0.25) is 4.72 Å². The Morgan fingerprint density at radius 2 is 2.05 bits per heavy atom. The number of rotatable bonds is 3. The Labute approximate surface area is 125 Å². The number of nitrogens with zero attached hydrogens (tertiary/aromatic N) is 1. The van der Waals surface area contributed by atoms with Gasteiger partial charge < -0.3 is 0 Å². The Hall–Kier alpha value is -1.11. The lowest BCUT2D eigenvalue weighted by Crippen LogP contribution is -2.14. The van der Waals surface area contributed by atoms with Crippen LogP contribution in [-0.4, -0.2) is 13.4 Å². The molecule has 2 rings (SSSR count). The highest BCUT2D eigenvalue weighted by atomic mass is 79.9. The maximum Gasteiger partial charge on any atom is 0.263 e. The highest BCUT2D eigenvalue weighted by molar-refractivity contribution is 9.10. The fourth-order valence-corrected chi connectivity index (χ4v) is 3.45. The van der Waals surface area contributed by atoms with Gasteiger partial charge in [0, 0.05) is 11.2 Å². The van der Waals surface area contributed by atoms with Crippen LogP contribution >= 0.6 is 27.5 Å². The van der Waals surface area contributed by atoms with Crippen molar-refractivity contribution in [3.05, 3.63) is 51.6 Å². The van der Waals surface area contributed by atoms with Crippen LogP contribution in [0.15, 0.2) is 45.9 Å². The molecule has 0 saturated heterocycles. The molecule has 0 aliphatic carbocycles. The molecule has 4 nitrogen and oxygen atoms in total. The number of anilines is 1. The smallest absolute Gasteiger partial charge is 0.262 e. The van der Waals surface area contributed by atoms with Crippen LogP contribution in [0.2, 0.25) is 5.02 Å². The second-order valence-corrected chi connectivity index (χ2v) is 6.88. The molecule has 0 spiro atoms. The third-order valence-corrected chi connectivity index (χ3v) is 4.49. The number of sulfonamides is 1. The fraction of sp³-hybridized carbons (Fsp3) is 0.0833. The predicted octanol–water partition coefficient (Wildman–Crippen LogP) is 3.61. The summed E-state index contributed by atoms with van der Waals surface area (Å²) >= 11 is 9.06. The van der Waals surface area contributed by atoms with Gasteiger partial charge in [-0.25, -0.2) is 13.4 Å². The van der Waals surface area contributed by atoms with Crippen molar-refractivity contribution in [3.8, 4) is 0 Å². The van der Waals surface area contributed by atoms with E-state index in [2.05, 4.69) is 25.6 Å². The van der Waals surface area contributed by atoms with E-state index in [1.807, 2.05) is 6.92 Å². The molecule has 1 heterocycles. The maximum absolute atomic E-state index is 12.2. The molecule has 1 N–H and O–H groups in total. The van der Waals surface area contributed by atoms with E-state index in [9.17, 15) is 8.42 Å². The van der Waals surface area contributed by atoms with Crippen LogP contribution in [-0.2, 0) is 10.0 Å².